The Balaban J connectivity index is 1.35. The number of aromatic nitrogens is 5. The van der Waals surface area contributed by atoms with E-state index < -0.39 is 192 Å². The molecule has 0 aliphatic heterocycles. The van der Waals surface area contributed by atoms with Crippen LogP contribution in [-0.2, 0) is 75.6 Å². The summed E-state index contributed by atoms with van der Waals surface area (Å²) in [6.45, 7) is 3.72. The number of rotatable bonds is 17. The monoisotopic (exact) mass is 1320 g/mol. The third kappa shape index (κ3) is 13.5. The second kappa shape index (κ2) is 22.0. The lowest BCUT2D eigenvalue weighted by Crippen LogP contribution is -2.40. The standard InChI is InChI=1S/C52H50ClF10N7O12P2S2/c1-25-15-30(83(6,73)74)20-37(82-84(75,76)77)42(25)48(2,3)22-39(72)70(86(8,80)81)47-41-35(53)12-11-32(44(41)69(67-47)24-50(56,57)58)31-10-9-29(13-14-49(4,5)85(7,78)79)64-43(31)36(18-26-16-27(54)19-28(55)17-26)65-38(71)23-68-46-40(45(66-68)52(61,62)63)33-21-34(33)51(46,59)60/h9-12,15-17,19-20,33-34,36H,18,21-24H2,1-8H3,(H,65,71)(H,73,74)(H2,75,76,77)/t33-,34+,36-/m0/s1. The SMILES string of the molecule is Cc1cc(P(C)(=O)O)cc(OP(=O)(O)O)c1C(C)(C)CC(=O)N(c1nn(CC(F)(F)F)c2c(-c3ccc(C#CC(C)(C)S(C)(=O)=O)nc3[C@H](Cc3cc(F)cc(F)c3)NC(=O)Cn3nc(C(F)(F)F)c4c3C(F)(F)[C@@H]3C[C@H]43)ccc(Cl)c12)S(C)(=O)=O. The minimum Gasteiger partial charge on any atom is -0.404 e. The first-order valence-corrected chi connectivity index (χ1v) is 32.9. The number of halogens is 11. The highest BCUT2D eigenvalue weighted by molar-refractivity contribution is 7.93. The molecule has 8 rings (SSSR count). The fourth-order valence-electron chi connectivity index (χ4n) is 10.4. The van der Waals surface area contributed by atoms with Crippen molar-refractivity contribution in [1.82, 2.24) is 29.9 Å². The zero-order chi connectivity index (χ0) is 64.4. The van der Waals surface area contributed by atoms with E-state index in [9.17, 15) is 85.4 Å². The van der Waals surface area contributed by atoms with Gasteiger partial charge in [-0.25, -0.2) is 35.2 Å². The summed E-state index contributed by atoms with van der Waals surface area (Å²) in [5.41, 5.74) is -8.51. The van der Waals surface area contributed by atoms with E-state index in [1.165, 1.54) is 34.6 Å². The summed E-state index contributed by atoms with van der Waals surface area (Å²) >= 11 is 6.78. The molecule has 0 spiro atoms. The number of phosphoric ester groups is 1. The van der Waals surface area contributed by atoms with Gasteiger partial charge in [0.25, 0.3) is 5.92 Å². The van der Waals surface area contributed by atoms with Crippen molar-refractivity contribution < 1.29 is 98.7 Å². The van der Waals surface area contributed by atoms with Crippen LogP contribution < -0.4 is 19.5 Å². The third-order valence-electron chi connectivity index (χ3n) is 14.3. The summed E-state index contributed by atoms with van der Waals surface area (Å²) < 4.78 is 231. The van der Waals surface area contributed by atoms with Crippen molar-refractivity contribution in [2.75, 3.05) is 23.5 Å². The number of nitrogens with zero attached hydrogens (tertiary/aromatic N) is 6. The van der Waals surface area contributed by atoms with Gasteiger partial charge in [0.05, 0.1) is 33.9 Å². The normalized spacial score (nSPS) is 17.3. The van der Waals surface area contributed by atoms with Gasteiger partial charge in [-0.3, -0.25) is 33.3 Å². The fourth-order valence-corrected chi connectivity index (χ4v) is 13.0. The molecule has 3 heterocycles. The van der Waals surface area contributed by atoms with Crippen LogP contribution in [0.5, 0.6) is 5.75 Å². The van der Waals surface area contributed by atoms with E-state index in [-0.39, 0.29) is 47.8 Å². The zero-order valence-corrected chi connectivity index (χ0v) is 50.2. The zero-order valence-electron chi connectivity index (χ0n) is 46.0. The lowest BCUT2D eigenvalue weighted by Gasteiger charge is -2.31. The Hall–Kier alpha value is -6.38. The first-order chi connectivity index (χ1) is 39.1. The van der Waals surface area contributed by atoms with Crippen LogP contribution in [0.2, 0.25) is 5.02 Å². The molecule has 1 unspecified atom stereocenters. The van der Waals surface area contributed by atoms with E-state index in [0.717, 1.165) is 61.5 Å². The van der Waals surface area contributed by atoms with Crippen molar-refractivity contribution in [3.8, 4) is 28.7 Å². The molecule has 0 bridgehead atoms. The van der Waals surface area contributed by atoms with Gasteiger partial charge in [-0.15, -0.1) is 0 Å². The van der Waals surface area contributed by atoms with E-state index in [4.69, 9.17) is 16.1 Å². The number of carbonyl (C=O) groups excluding carboxylic acids is 2. The predicted octanol–water partition coefficient (Wildman–Crippen LogP) is 9.26. The molecule has 3 aromatic carbocycles. The van der Waals surface area contributed by atoms with Crippen molar-refractivity contribution >= 4 is 80.5 Å². The number of amides is 2. The molecule has 34 heteroatoms. The fraction of sp³-hybridized carbons (Fsp3) is 0.404. The smallest absolute Gasteiger partial charge is 0.404 e. The average Bonchev–Trinajstić information content (AvgIpc) is 1.54. The van der Waals surface area contributed by atoms with E-state index >= 15 is 8.78 Å². The van der Waals surface area contributed by atoms with Gasteiger partial charge >= 0.3 is 20.2 Å². The summed E-state index contributed by atoms with van der Waals surface area (Å²) in [6.07, 6.45) is -11.3. The third-order valence-corrected chi connectivity index (χ3v) is 19.3. The summed E-state index contributed by atoms with van der Waals surface area (Å²) in [7, 11) is -18.7. The maximum absolute atomic E-state index is 15.7. The number of hydrogen-bond donors (Lipinski definition) is 4. The van der Waals surface area contributed by atoms with Gasteiger partial charge in [-0.2, -0.15) is 49.6 Å². The summed E-state index contributed by atoms with van der Waals surface area (Å²) in [6, 6.07) is 6.33. The van der Waals surface area contributed by atoms with Crippen LogP contribution in [0.25, 0.3) is 22.0 Å². The Labute approximate surface area is 488 Å². The Morgan fingerprint density at radius 3 is 2.09 bits per heavy atom. The maximum Gasteiger partial charge on any atom is 0.524 e. The molecule has 6 aromatic rings. The summed E-state index contributed by atoms with van der Waals surface area (Å²) in [5.74, 6) is -8.65. The van der Waals surface area contributed by atoms with Gasteiger partial charge in [-0.1, -0.05) is 37.4 Å². The van der Waals surface area contributed by atoms with Crippen molar-refractivity contribution in [3.05, 3.63) is 116 Å². The van der Waals surface area contributed by atoms with E-state index in [1.54, 1.807) is 0 Å². The van der Waals surface area contributed by atoms with Crippen LogP contribution in [0.3, 0.4) is 0 Å². The molecule has 0 radical (unpaired) electrons. The highest BCUT2D eigenvalue weighted by Crippen LogP contribution is 2.68. The number of sulfone groups is 1. The molecular weight excluding hydrogens is 1270 g/mol. The highest BCUT2D eigenvalue weighted by atomic mass is 35.5. The van der Waals surface area contributed by atoms with Gasteiger partial charge in [0.2, 0.25) is 29.2 Å². The maximum atomic E-state index is 15.7. The van der Waals surface area contributed by atoms with Crippen molar-refractivity contribution in [1.29, 1.82) is 0 Å². The number of hydrogen-bond acceptors (Lipinski definition) is 12. The molecule has 2 aliphatic carbocycles. The average molecular weight is 1320 g/mol. The second-order valence-corrected chi connectivity index (χ2v) is 30.3. The minimum absolute atomic E-state index is 0.00531. The summed E-state index contributed by atoms with van der Waals surface area (Å²) in [4.78, 5) is 63.8. The van der Waals surface area contributed by atoms with Gasteiger partial charge in [-0.05, 0) is 99.0 Å². The van der Waals surface area contributed by atoms with E-state index in [0.29, 0.717) is 12.3 Å². The van der Waals surface area contributed by atoms with E-state index in [2.05, 4.69) is 32.3 Å². The number of aryl methyl sites for hydroxylation is 1. The van der Waals surface area contributed by atoms with Crippen LogP contribution in [-0.4, -0.2) is 98.0 Å². The molecule has 4 N–H and O–H groups in total. The largest absolute Gasteiger partial charge is 0.524 e. The lowest BCUT2D eigenvalue weighted by atomic mass is 9.78. The van der Waals surface area contributed by atoms with Gasteiger partial charge in [0.1, 0.15) is 46.6 Å². The van der Waals surface area contributed by atoms with Gasteiger partial charge < -0.3 is 14.7 Å². The molecule has 1 fully saturated rings. The molecular formula is C52H50ClF10N7O12P2S2. The van der Waals surface area contributed by atoms with Crippen LogP contribution in [0, 0.1) is 36.3 Å². The van der Waals surface area contributed by atoms with Gasteiger partial charge in [0.15, 0.2) is 21.3 Å². The molecule has 86 heavy (non-hydrogen) atoms. The lowest BCUT2D eigenvalue weighted by molar-refractivity contribution is -0.143. The molecule has 464 valence electrons. The van der Waals surface area contributed by atoms with Crippen molar-refractivity contribution in [3.63, 3.8) is 0 Å². The number of nitrogens with one attached hydrogen (secondary N) is 1. The molecule has 3 aromatic heterocycles. The molecule has 4 atom stereocenters. The first-order valence-electron chi connectivity index (χ1n) is 25.1. The number of carbonyl (C=O) groups is 2. The van der Waals surface area contributed by atoms with Crippen molar-refractivity contribution in [2.24, 2.45) is 5.92 Å². The number of fused-ring (bicyclic) bond motifs is 4. The van der Waals surface area contributed by atoms with E-state index in [1.807, 2.05) is 0 Å². The number of benzene rings is 3. The Bertz CT molecular complexity index is 4210. The number of anilines is 1. The second-order valence-electron chi connectivity index (χ2n) is 22.1. The molecule has 2 amide bonds. The number of pyridine rings is 1. The van der Waals surface area contributed by atoms with Crippen molar-refractivity contribution in [2.45, 2.75) is 107 Å². The Morgan fingerprint density at radius 2 is 1.53 bits per heavy atom. The number of phosphoric acid groups is 1. The predicted molar refractivity (Wildman–Crippen MR) is 292 cm³/mol. The highest BCUT2D eigenvalue weighted by Gasteiger charge is 2.68. The minimum atomic E-state index is -5.50. The quantitative estimate of drug-likeness (QED) is 0.0376. The van der Waals surface area contributed by atoms with Crippen LogP contribution in [0.15, 0.2) is 54.6 Å². The number of sulfonamides is 1. The summed E-state index contributed by atoms with van der Waals surface area (Å²) in [5, 5.41) is 8.15. The first kappa shape index (κ1) is 65.6. The topological polar surface area (TPSA) is 270 Å². The molecule has 0 saturated heterocycles. The molecule has 2 aliphatic rings. The van der Waals surface area contributed by atoms with Gasteiger partial charge in [0, 0.05) is 64.3 Å². The molecule has 1 saturated carbocycles. The number of alkyl halides is 8. The van der Waals surface area contributed by atoms with Crippen LogP contribution >= 0.6 is 26.8 Å². The Morgan fingerprint density at radius 1 is 0.919 bits per heavy atom. The van der Waals surface area contributed by atoms with Crippen LogP contribution in [0.1, 0.15) is 97.5 Å². The Kier molecular flexibility index (Phi) is 16.8. The van der Waals surface area contributed by atoms with Crippen LogP contribution in [0.4, 0.5) is 49.7 Å². The molecule has 19 nitrogen and oxygen atoms in total.